The summed E-state index contributed by atoms with van der Waals surface area (Å²) in [6.07, 6.45) is 3.70. The van der Waals surface area contributed by atoms with Gasteiger partial charge in [-0.2, -0.15) is 0 Å². The van der Waals surface area contributed by atoms with E-state index in [-0.39, 0.29) is 11.8 Å². The summed E-state index contributed by atoms with van der Waals surface area (Å²) in [6, 6.07) is 9.94. The van der Waals surface area contributed by atoms with E-state index in [1.54, 1.807) is 6.20 Å². The number of hydrogen-bond donors (Lipinski definition) is 2. The number of aryl methyl sites for hydroxylation is 2. The van der Waals surface area contributed by atoms with E-state index in [2.05, 4.69) is 41.6 Å². The van der Waals surface area contributed by atoms with Gasteiger partial charge >= 0.3 is 0 Å². The Balaban J connectivity index is 1.70. The summed E-state index contributed by atoms with van der Waals surface area (Å²) in [5.41, 5.74) is 4.20. The van der Waals surface area contributed by atoms with Gasteiger partial charge in [0.15, 0.2) is 0 Å². The third-order valence-corrected chi connectivity index (χ3v) is 3.71. The van der Waals surface area contributed by atoms with Crippen LogP contribution in [0.25, 0.3) is 0 Å². The molecule has 4 heteroatoms. The van der Waals surface area contributed by atoms with Gasteiger partial charge in [0, 0.05) is 11.6 Å². The van der Waals surface area contributed by atoms with E-state index in [1.165, 1.54) is 11.1 Å². The highest BCUT2D eigenvalue weighted by Gasteiger charge is 2.29. The van der Waals surface area contributed by atoms with Gasteiger partial charge in [0.05, 0.1) is 11.9 Å². The smallest absolute Gasteiger partial charge is 0.227 e. The third kappa shape index (κ3) is 3.21. The molecular weight excluding hydrogens is 262 g/mol. The summed E-state index contributed by atoms with van der Waals surface area (Å²) < 4.78 is 0. The van der Waals surface area contributed by atoms with Crippen LogP contribution in [0.2, 0.25) is 0 Å². The van der Waals surface area contributed by atoms with Crippen LogP contribution in [0, 0.1) is 19.8 Å². The first-order valence-electron chi connectivity index (χ1n) is 7.23. The van der Waals surface area contributed by atoms with Crippen LogP contribution >= 0.6 is 0 Å². The third-order valence-electron chi connectivity index (χ3n) is 3.71. The first-order chi connectivity index (χ1) is 10.1. The van der Waals surface area contributed by atoms with Crippen LogP contribution in [0.5, 0.6) is 0 Å². The maximum Gasteiger partial charge on any atom is 0.227 e. The van der Waals surface area contributed by atoms with Gasteiger partial charge in [-0.05, 0) is 49.9 Å². The number of anilines is 3. The van der Waals surface area contributed by atoms with Crippen LogP contribution < -0.4 is 10.6 Å². The molecule has 108 valence electrons. The summed E-state index contributed by atoms with van der Waals surface area (Å²) in [6.45, 7) is 4.14. The predicted octanol–water partition coefficient (Wildman–Crippen LogP) is 3.79. The average Bonchev–Trinajstić information content (AvgIpc) is 3.29. The number of carbonyl (C=O) groups is 1. The van der Waals surface area contributed by atoms with Crippen molar-refractivity contribution in [2.75, 3.05) is 10.6 Å². The van der Waals surface area contributed by atoms with E-state index in [9.17, 15) is 4.79 Å². The number of amides is 1. The molecule has 2 aromatic rings. The van der Waals surface area contributed by atoms with E-state index in [1.807, 2.05) is 18.2 Å². The Kier molecular flexibility index (Phi) is 3.60. The van der Waals surface area contributed by atoms with Crippen molar-refractivity contribution >= 4 is 23.1 Å². The molecule has 0 unspecified atom stereocenters. The number of rotatable bonds is 4. The molecule has 0 bridgehead atoms. The van der Waals surface area contributed by atoms with Crippen LogP contribution in [-0.4, -0.2) is 10.9 Å². The van der Waals surface area contributed by atoms with Gasteiger partial charge in [-0.3, -0.25) is 4.79 Å². The maximum atomic E-state index is 11.7. The Morgan fingerprint density at radius 3 is 2.43 bits per heavy atom. The molecule has 1 amide bonds. The van der Waals surface area contributed by atoms with Gasteiger partial charge in [0.2, 0.25) is 5.91 Å². The highest BCUT2D eigenvalue weighted by Crippen LogP contribution is 2.30. The van der Waals surface area contributed by atoms with Crippen molar-refractivity contribution in [3.05, 3.63) is 47.7 Å². The monoisotopic (exact) mass is 281 g/mol. The van der Waals surface area contributed by atoms with Gasteiger partial charge in [0.25, 0.3) is 0 Å². The van der Waals surface area contributed by atoms with Gasteiger partial charge in [-0.25, -0.2) is 4.98 Å². The highest BCUT2D eigenvalue weighted by atomic mass is 16.2. The quantitative estimate of drug-likeness (QED) is 0.896. The molecular formula is C17H19N3O. The van der Waals surface area contributed by atoms with E-state index < -0.39 is 0 Å². The van der Waals surface area contributed by atoms with Crippen molar-refractivity contribution in [2.24, 2.45) is 5.92 Å². The minimum atomic E-state index is 0.104. The number of aromatic nitrogens is 1. The molecule has 1 fully saturated rings. The van der Waals surface area contributed by atoms with Crippen molar-refractivity contribution in [3.8, 4) is 0 Å². The molecule has 1 aromatic carbocycles. The second-order valence-electron chi connectivity index (χ2n) is 5.59. The topological polar surface area (TPSA) is 54.0 Å². The van der Waals surface area contributed by atoms with Gasteiger partial charge in [-0.15, -0.1) is 0 Å². The van der Waals surface area contributed by atoms with Crippen LogP contribution in [-0.2, 0) is 4.79 Å². The van der Waals surface area contributed by atoms with Crippen molar-refractivity contribution in [1.29, 1.82) is 0 Å². The fraction of sp³-hybridized carbons (Fsp3) is 0.294. The van der Waals surface area contributed by atoms with Crippen LogP contribution in [0.3, 0.4) is 0 Å². The van der Waals surface area contributed by atoms with Crippen LogP contribution in [0.1, 0.15) is 24.0 Å². The molecule has 4 nitrogen and oxygen atoms in total. The number of benzene rings is 1. The van der Waals surface area contributed by atoms with E-state index in [4.69, 9.17) is 0 Å². The number of pyridine rings is 1. The Bertz CT molecular complexity index is 640. The standard InChI is InChI=1S/C17H19N3O/c1-11-4-3-5-12(2)16(11)20-15-9-8-14(10-18-15)19-17(21)13-6-7-13/h3-5,8-10,13H,6-7H2,1-2H3,(H,18,20)(H,19,21). The molecule has 0 spiro atoms. The Labute approximate surface area is 124 Å². The van der Waals surface area contributed by atoms with Crippen molar-refractivity contribution < 1.29 is 4.79 Å². The summed E-state index contributed by atoms with van der Waals surface area (Å²) >= 11 is 0. The molecule has 21 heavy (non-hydrogen) atoms. The number of hydrogen-bond acceptors (Lipinski definition) is 3. The zero-order valence-electron chi connectivity index (χ0n) is 12.3. The molecule has 3 rings (SSSR count). The molecule has 1 aliphatic carbocycles. The maximum absolute atomic E-state index is 11.7. The van der Waals surface area contributed by atoms with Gasteiger partial charge < -0.3 is 10.6 Å². The SMILES string of the molecule is Cc1cccc(C)c1Nc1ccc(NC(=O)C2CC2)cn1. The lowest BCUT2D eigenvalue weighted by atomic mass is 10.1. The largest absolute Gasteiger partial charge is 0.340 e. The lowest BCUT2D eigenvalue weighted by Crippen LogP contribution is -2.13. The van der Waals surface area contributed by atoms with E-state index >= 15 is 0 Å². The molecule has 0 aliphatic heterocycles. The van der Waals surface area contributed by atoms with Gasteiger partial charge in [0.1, 0.15) is 5.82 Å². The summed E-state index contributed by atoms with van der Waals surface area (Å²) in [7, 11) is 0. The number of nitrogens with one attached hydrogen (secondary N) is 2. The van der Waals surface area contributed by atoms with E-state index in [0.29, 0.717) is 0 Å². The van der Waals surface area contributed by atoms with Crippen molar-refractivity contribution in [2.45, 2.75) is 26.7 Å². The minimum Gasteiger partial charge on any atom is -0.340 e. The number of para-hydroxylation sites is 1. The van der Waals surface area contributed by atoms with Gasteiger partial charge in [-0.1, -0.05) is 18.2 Å². The van der Waals surface area contributed by atoms with Crippen LogP contribution in [0.4, 0.5) is 17.2 Å². The molecule has 1 saturated carbocycles. The molecule has 0 saturated heterocycles. The molecule has 0 atom stereocenters. The molecule has 1 aliphatic rings. The lowest BCUT2D eigenvalue weighted by molar-refractivity contribution is -0.117. The summed E-state index contributed by atoms with van der Waals surface area (Å²) in [5.74, 6) is 1.08. The average molecular weight is 281 g/mol. The van der Waals surface area contributed by atoms with Crippen molar-refractivity contribution in [1.82, 2.24) is 4.98 Å². The Hall–Kier alpha value is -2.36. The fourth-order valence-corrected chi connectivity index (χ4v) is 2.27. The first-order valence-corrected chi connectivity index (χ1v) is 7.23. The normalized spacial score (nSPS) is 13.8. The molecule has 2 N–H and O–H groups in total. The predicted molar refractivity (Wildman–Crippen MR) is 84.8 cm³/mol. The van der Waals surface area contributed by atoms with Crippen LogP contribution in [0.15, 0.2) is 36.5 Å². The first kappa shape index (κ1) is 13.6. The Morgan fingerprint density at radius 1 is 1.14 bits per heavy atom. The highest BCUT2D eigenvalue weighted by molar-refractivity contribution is 5.93. The molecule has 0 radical (unpaired) electrons. The summed E-state index contributed by atoms with van der Waals surface area (Å²) in [5, 5.41) is 6.22. The molecule has 1 aromatic heterocycles. The number of nitrogens with zero attached hydrogens (tertiary/aromatic N) is 1. The van der Waals surface area contributed by atoms with Crippen molar-refractivity contribution in [3.63, 3.8) is 0 Å². The van der Waals surface area contributed by atoms with E-state index in [0.717, 1.165) is 30.0 Å². The number of carbonyl (C=O) groups excluding carboxylic acids is 1. The Morgan fingerprint density at radius 2 is 1.86 bits per heavy atom. The molecule has 1 heterocycles. The zero-order chi connectivity index (χ0) is 14.8. The second-order valence-corrected chi connectivity index (χ2v) is 5.59. The zero-order valence-corrected chi connectivity index (χ0v) is 12.3. The second kappa shape index (κ2) is 5.56. The minimum absolute atomic E-state index is 0.104. The lowest BCUT2D eigenvalue weighted by Gasteiger charge is -2.12. The fourth-order valence-electron chi connectivity index (χ4n) is 2.27. The summed E-state index contributed by atoms with van der Waals surface area (Å²) in [4.78, 5) is 16.0.